The van der Waals surface area contributed by atoms with Crippen LogP contribution in [0.15, 0.2) is 18.3 Å². The Morgan fingerprint density at radius 2 is 2.46 bits per heavy atom. The molecule has 0 fully saturated rings. The number of hydrogen-bond acceptors (Lipinski definition) is 4. The largest absolute Gasteiger partial charge is 0.478 e. The molecule has 72 valence electrons. The lowest BCUT2D eigenvalue weighted by Gasteiger charge is -2.08. The maximum atomic E-state index is 9.41. The van der Waals surface area contributed by atoms with Crippen LogP contribution in [0.25, 0.3) is 0 Å². The Balaban J connectivity index is 2.78. The summed E-state index contributed by atoms with van der Waals surface area (Å²) in [5.41, 5.74) is 6.05. The van der Waals surface area contributed by atoms with Crippen molar-refractivity contribution in [2.75, 3.05) is 13.2 Å². The summed E-state index contributed by atoms with van der Waals surface area (Å²) in [5.74, 6) is 0.521. The van der Waals surface area contributed by atoms with E-state index < -0.39 is 6.10 Å². The molecule has 1 unspecified atom stereocenters. The van der Waals surface area contributed by atoms with E-state index in [2.05, 4.69) is 4.98 Å². The van der Waals surface area contributed by atoms with Gasteiger partial charge in [-0.3, -0.25) is 0 Å². The summed E-state index contributed by atoms with van der Waals surface area (Å²) in [6.45, 7) is 2.65. The average Bonchev–Trinajstić information content (AvgIpc) is 2.18. The molecule has 0 bridgehead atoms. The lowest BCUT2D eigenvalue weighted by atomic mass is 10.1. The summed E-state index contributed by atoms with van der Waals surface area (Å²) < 4.78 is 5.18. The monoisotopic (exact) mass is 182 g/mol. The highest BCUT2D eigenvalue weighted by Gasteiger charge is 2.05. The summed E-state index contributed by atoms with van der Waals surface area (Å²) in [6.07, 6.45) is 0.960. The Labute approximate surface area is 77.4 Å². The first-order valence-corrected chi connectivity index (χ1v) is 4.24. The first-order chi connectivity index (χ1) is 6.27. The molecule has 0 aromatic carbocycles. The third-order valence-corrected chi connectivity index (χ3v) is 1.66. The number of aromatic nitrogens is 1. The second-order valence-corrected chi connectivity index (χ2v) is 2.61. The summed E-state index contributed by atoms with van der Waals surface area (Å²) in [5, 5.41) is 9.41. The molecule has 1 aromatic heterocycles. The van der Waals surface area contributed by atoms with Crippen molar-refractivity contribution >= 4 is 0 Å². The Hall–Kier alpha value is -1.13. The van der Waals surface area contributed by atoms with Gasteiger partial charge in [0.2, 0.25) is 5.88 Å². The molecular formula is C9H14N2O2. The van der Waals surface area contributed by atoms with Crippen LogP contribution in [-0.4, -0.2) is 23.2 Å². The van der Waals surface area contributed by atoms with Crippen LogP contribution < -0.4 is 10.5 Å². The standard InChI is InChI=1S/C9H14N2O2/c1-2-13-9-5-7(3-4-11-9)8(12)6-10/h3-5,8,12H,2,6,10H2,1H3. The van der Waals surface area contributed by atoms with Crippen LogP contribution in [0, 0.1) is 0 Å². The molecule has 4 nitrogen and oxygen atoms in total. The van der Waals surface area contributed by atoms with Crippen molar-refractivity contribution in [3.8, 4) is 5.88 Å². The normalized spacial score (nSPS) is 12.5. The minimum atomic E-state index is -0.637. The molecule has 0 saturated heterocycles. The zero-order valence-corrected chi connectivity index (χ0v) is 7.60. The van der Waals surface area contributed by atoms with Gasteiger partial charge in [0, 0.05) is 18.8 Å². The smallest absolute Gasteiger partial charge is 0.213 e. The molecule has 0 amide bonds. The Morgan fingerprint density at radius 1 is 1.69 bits per heavy atom. The van der Waals surface area contributed by atoms with E-state index in [-0.39, 0.29) is 6.54 Å². The number of nitrogens with two attached hydrogens (primary N) is 1. The van der Waals surface area contributed by atoms with Gasteiger partial charge in [0.05, 0.1) is 12.7 Å². The fourth-order valence-corrected chi connectivity index (χ4v) is 0.995. The highest BCUT2D eigenvalue weighted by molar-refractivity contribution is 5.22. The Kier molecular flexibility index (Phi) is 3.67. The van der Waals surface area contributed by atoms with Gasteiger partial charge in [-0.1, -0.05) is 0 Å². The number of rotatable bonds is 4. The van der Waals surface area contributed by atoms with E-state index in [0.29, 0.717) is 12.5 Å². The molecule has 4 heteroatoms. The van der Waals surface area contributed by atoms with Gasteiger partial charge in [-0.25, -0.2) is 4.98 Å². The summed E-state index contributed by atoms with van der Waals surface area (Å²) in [6, 6.07) is 3.42. The van der Waals surface area contributed by atoms with Crippen molar-refractivity contribution < 1.29 is 9.84 Å². The van der Waals surface area contributed by atoms with Crippen LogP contribution in [-0.2, 0) is 0 Å². The quantitative estimate of drug-likeness (QED) is 0.710. The molecule has 1 atom stereocenters. The molecule has 0 spiro atoms. The summed E-state index contributed by atoms with van der Waals surface area (Å²) >= 11 is 0. The fraction of sp³-hybridized carbons (Fsp3) is 0.444. The van der Waals surface area contributed by atoms with E-state index in [4.69, 9.17) is 10.5 Å². The zero-order chi connectivity index (χ0) is 9.68. The van der Waals surface area contributed by atoms with E-state index in [9.17, 15) is 5.11 Å². The van der Waals surface area contributed by atoms with Crippen LogP contribution in [0.5, 0.6) is 5.88 Å². The van der Waals surface area contributed by atoms with Crippen molar-refractivity contribution in [2.24, 2.45) is 5.73 Å². The van der Waals surface area contributed by atoms with Gasteiger partial charge in [0.25, 0.3) is 0 Å². The molecule has 0 aliphatic carbocycles. The minimum absolute atomic E-state index is 0.204. The second kappa shape index (κ2) is 4.79. The predicted molar refractivity (Wildman–Crippen MR) is 49.4 cm³/mol. The van der Waals surface area contributed by atoms with Crippen LogP contribution in [0.2, 0.25) is 0 Å². The van der Waals surface area contributed by atoms with Crippen molar-refractivity contribution in [1.82, 2.24) is 4.98 Å². The van der Waals surface area contributed by atoms with Gasteiger partial charge < -0.3 is 15.6 Å². The minimum Gasteiger partial charge on any atom is -0.478 e. The fourth-order valence-electron chi connectivity index (χ4n) is 0.995. The van der Waals surface area contributed by atoms with Crippen LogP contribution >= 0.6 is 0 Å². The molecule has 3 N–H and O–H groups in total. The molecule has 0 saturated carbocycles. The average molecular weight is 182 g/mol. The van der Waals surface area contributed by atoms with Crippen molar-refractivity contribution in [1.29, 1.82) is 0 Å². The zero-order valence-electron chi connectivity index (χ0n) is 7.60. The van der Waals surface area contributed by atoms with E-state index in [0.717, 1.165) is 5.56 Å². The molecule has 0 radical (unpaired) electrons. The van der Waals surface area contributed by atoms with Gasteiger partial charge in [-0.15, -0.1) is 0 Å². The van der Waals surface area contributed by atoms with Crippen molar-refractivity contribution in [2.45, 2.75) is 13.0 Å². The highest BCUT2D eigenvalue weighted by Crippen LogP contribution is 2.15. The number of ether oxygens (including phenoxy) is 1. The number of aliphatic hydroxyl groups excluding tert-OH is 1. The predicted octanol–water partition coefficient (Wildman–Crippen LogP) is 0.472. The summed E-state index contributed by atoms with van der Waals surface area (Å²) in [7, 11) is 0. The maximum Gasteiger partial charge on any atom is 0.213 e. The Morgan fingerprint density at radius 3 is 3.08 bits per heavy atom. The van der Waals surface area contributed by atoms with E-state index >= 15 is 0 Å². The first-order valence-electron chi connectivity index (χ1n) is 4.24. The number of aliphatic hydroxyl groups is 1. The van der Waals surface area contributed by atoms with Gasteiger partial charge in [0.15, 0.2) is 0 Å². The Bertz CT molecular complexity index is 266. The lowest BCUT2D eigenvalue weighted by molar-refractivity contribution is 0.186. The van der Waals surface area contributed by atoms with Crippen molar-refractivity contribution in [3.63, 3.8) is 0 Å². The lowest BCUT2D eigenvalue weighted by Crippen LogP contribution is -2.11. The second-order valence-electron chi connectivity index (χ2n) is 2.61. The first kappa shape index (κ1) is 9.95. The molecule has 13 heavy (non-hydrogen) atoms. The van der Waals surface area contributed by atoms with Crippen LogP contribution in [0.3, 0.4) is 0 Å². The van der Waals surface area contributed by atoms with Crippen LogP contribution in [0.4, 0.5) is 0 Å². The number of hydrogen-bond donors (Lipinski definition) is 2. The van der Waals surface area contributed by atoms with Gasteiger partial charge >= 0.3 is 0 Å². The van der Waals surface area contributed by atoms with E-state index in [1.807, 2.05) is 6.92 Å². The highest BCUT2D eigenvalue weighted by atomic mass is 16.5. The van der Waals surface area contributed by atoms with Gasteiger partial charge in [0.1, 0.15) is 0 Å². The third-order valence-electron chi connectivity index (χ3n) is 1.66. The molecule has 1 heterocycles. The molecule has 1 aromatic rings. The van der Waals surface area contributed by atoms with E-state index in [1.54, 1.807) is 18.3 Å². The van der Waals surface area contributed by atoms with Gasteiger partial charge in [-0.2, -0.15) is 0 Å². The number of nitrogens with zero attached hydrogens (tertiary/aromatic N) is 1. The third kappa shape index (κ3) is 2.68. The van der Waals surface area contributed by atoms with E-state index in [1.165, 1.54) is 0 Å². The van der Waals surface area contributed by atoms with Crippen LogP contribution in [0.1, 0.15) is 18.6 Å². The number of pyridine rings is 1. The summed E-state index contributed by atoms with van der Waals surface area (Å²) in [4.78, 5) is 3.97. The molecular weight excluding hydrogens is 168 g/mol. The topological polar surface area (TPSA) is 68.4 Å². The molecule has 1 rings (SSSR count). The molecule has 0 aliphatic heterocycles. The molecule has 0 aliphatic rings. The SMILES string of the molecule is CCOc1cc(C(O)CN)ccn1. The van der Waals surface area contributed by atoms with Gasteiger partial charge in [-0.05, 0) is 18.6 Å². The van der Waals surface area contributed by atoms with Crippen molar-refractivity contribution in [3.05, 3.63) is 23.9 Å². The maximum absolute atomic E-state index is 9.41.